The second-order valence-corrected chi connectivity index (χ2v) is 2.38. The highest BCUT2D eigenvalue weighted by molar-refractivity contribution is 6.02. The maximum Gasteiger partial charge on any atom is 0.337 e. The maximum atomic E-state index is 11.0. The molecule has 0 aromatic carbocycles. The van der Waals surface area contributed by atoms with E-state index in [0.29, 0.717) is 17.7 Å². The van der Waals surface area contributed by atoms with Crippen LogP contribution in [0, 0.1) is 0 Å². The second-order valence-electron chi connectivity index (χ2n) is 2.38. The first kappa shape index (κ1) is 9.47. The highest BCUT2D eigenvalue weighted by atomic mass is 16.7. The van der Waals surface area contributed by atoms with Gasteiger partial charge in [0.15, 0.2) is 0 Å². The van der Waals surface area contributed by atoms with E-state index in [-0.39, 0.29) is 5.97 Å². The van der Waals surface area contributed by atoms with Gasteiger partial charge in [-0.1, -0.05) is 11.2 Å². The normalized spacial score (nSPS) is 18.3. The first-order valence-corrected chi connectivity index (χ1v) is 3.67. The van der Waals surface area contributed by atoms with E-state index in [2.05, 4.69) is 14.8 Å². The summed E-state index contributed by atoms with van der Waals surface area (Å²) in [5, 5.41) is 3.51. The highest BCUT2D eigenvalue weighted by Gasteiger charge is 2.10. The lowest BCUT2D eigenvalue weighted by molar-refractivity contribution is -0.135. The summed E-state index contributed by atoms with van der Waals surface area (Å²) < 4.78 is 4.53. The lowest BCUT2D eigenvalue weighted by Crippen LogP contribution is -2.08. The number of methoxy groups -OCH3 is 1. The van der Waals surface area contributed by atoms with Crippen molar-refractivity contribution >= 4 is 11.7 Å². The van der Waals surface area contributed by atoms with Gasteiger partial charge in [0, 0.05) is 6.42 Å². The van der Waals surface area contributed by atoms with Crippen LogP contribution < -0.4 is 5.90 Å². The molecule has 0 atom stereocenters. The van der Waals surface area contributed by atoms with Crippen molar-refractivity contribution in [2.45, 2.75) is 6.42 Å². The summed E-state index contributed by atoms with van der Waals surface area (Å²) in [5.41, 5.74) is 1.17. The molecule has 0 saturated heterocycles. The monoisotopic (exact) mass is 182 g/mol. The Morgan fingerprint density at radius 3 is 2.85 bits per heavy atom. The maximum absolute atomic E-state index is 11.0. The van der Waals surface area contributed by atoms with E-state index in [1.165, 1.54) is 7.11 Å². The summed E-state index contributed by atoms with van der Waals surface area (Å²) in [6.07, 6.45) is 5.47. The summed E-state index contributed by atoms with van der Waals surface area (Å²) in [7, 11) is 1.34. The highest BCUT2D eigenvalue weighted by Crippen LogP contribution is 2.09. The van der Waals surface area contributed by atoms with Crippen molar-refractivity contribution in [3.05, 3.63) is 23.8 Å². The van der Waals surface area contributed by atoms with Crippen LogP contribution in [0.5, 0.6) is 0 Å². The number of nitrogens with two attached hydrogens (primary N) is 1. The first-order valence-electron chi connectivity index (χ1n) is 3.67. The summed E-state index contributed by atoms with van der Waals surface area (Å²) in [5.74, 6) is 4.39. The number of ether oxygens (including phenoxy) is 1. The van der Waals surface area contributed by atoms with E-state index in [1.807, 2.05) is 0 Å². The van der Waals surface area contributed by atoms with Crippen LogP contribution in [0.4, 0.5) is 0 Å². The predicted molar refractivity (Wildman–Crippen MR) is 46.6 cm³/mol. The lowest BCUT2D eigenvalue weighted by atomic mass is 10.1. The van der Waals surface area contributed by atoms with E-state index in [9.17, 15) is 4.79 Å². The molecule has 0 fully saturated rings. The number of esters is 1. The third kappa shape index (κ3) is 2.41. The molecule has 13 heavy (non-hydrogen) atoms. The molecule has 0 aliphatic heterocycles. The Labute approximate surface area is 75.4 Å². The van der Waals surface area contributed by atoms with Gasteiger partial charge in [0.1, 0.15) is 0 Å². The summed E-state index contributed by atoms with van der Waals surface area (Å²) in [6, 6.07) is 0. The van der Waals surface area contributed by atoms with Crippen LogP contribution in [0.1, 0.15) is 6.42 Å². The Morgan fingerprint density at radius 2 is 2.38 bits per heavy atom. The number of oxime groups is 1. The fourth-order valence-corrected chi connectivity index (χ4v) is 0.941. The fraction of sp³-hybridized carbons (Fsp3) is 0.250. The van der Waals surface area contributed by atoms with Gasteiger partial charge in [0.05, 0.1) is 18.4 Å². The van der Waals surface area contributed by atoms with E-state index in [1.54, 1.807) is 18.2 Å². The van der Waals surface area contributed by atoms with Gasteiger partial charge in [-0.2, -0.15) is 0 Å². The molecule has 0 saturated carbocycles. The average molecular weight is 182 g/mol. The molecular weight excluding hydrogens is 172 g/mol. The van der Waals surface area contributed by atoms with Crippen molar-refractivity contribution in [3.63, 3.8) is 0 Å². The van der Waals surface area contributed by atoms with Crippen LogP contribution in [0.2, 0.25) is 0 Å². The van der Waals surface area contributed by atoms with E-state index >= 15 is 0 Å². The SMILES string of the molecule is COC(=O)C1=CCC(=NON)C=C1. The van der Waals surface area contributed by atoms with Crippen LogP contribution in [-0.2, 0) is 14.5 Å². The van der Waals surface area contributed by atoms with Crippen LogP contribution in [-0.4, -0.2) is 18.8 Å². The molecule has 1 aliphatic rings. The fourth-order valence-electron chi connectivity index (χ4n) is 0.941. The quantitative estimate of drug-likeness (QED) is 0.492. The Morgan fingerprint density at radius 1 is 1.62 bits per heavy atom. The zero-order valence-corrected chi connectivity index (χ0v) is 7.19. The molecule has 0 bridgehead atoms. The van der Waals surface area contributed by atoms with Crippen molar-refractivity contribution in [1.29, 1.82) is 0 Å². The Hall–Kier alpha value is -1.62. The lowest BCUT2D eigenvalue weighted by Gasteiger charge is -2.05. The Kier molecular flexibility index (Phi) is 3.22. The molecule has 0 unspecified atom stereocenters. The standard InChI is InChI=1S/C8H10N2O3/c1-12-8(11)6-2-4-7(5-3-6)10-13-9/h2-4H,5,9H2,1H3. The zero-order valence-electron chi connectivity index (χ0n) is 7.19. The van der Waals surface area contributed by atoms with E-state index < -0.39 is 0 Å². The van der Waals surface area contributed by atoms with Crippen molar-refractivity contribution in [3.8, 4) is 0 Å². The average Bonchev–Trinajstić information content (AvgIpc) is 2.18. The van der Waals surface area contributed by atoms with Gasteiger partial charge in [-0.3, -0.25) is 0 Å². The smallest absolute Gasteiger partial charge is 0.337 e. The zero-order chi connectivity index (χ0) is 9.68. The van der Waals surface area contributed by atoms with Gasteiger partial charge in [-0.05, 0) is 12.2 Å². The van der Waals surface area contributed by atoms with Crippen molar-refractivity contribution in [1.82, 2.24) is 0 Å². The van der Waals surface area contributed by atoms with Crippen LogP contribution in [0.15, 0.2) is 29.0 Å². The molecule has 5 heteroatoms. The van der Waals surface area contributed by atoms with Gasteiger partial charge >= 0.3 is 5.97 Å². The van der Waals surface area contributed by atoms with Gasteiger partial charge in [0.2, 0.25) is 0 Å². The van der Waals surface area contributed by atoms with Crippen molar-refractivity contribution < 1.29 is 14.5 Å². The number of carbonyl (C=O) groups excluding carboxylic acids is 1. The van der Waals surface area contributed by atoms with Crippen molar-refractivity contribution in [2.75, 3.05) is 7.11 Å². The van der Waals surface area contributed by atoms with E-state index in [0.717, 1.165) is 0 Å². The number of rotatable bonds is 2. The molecule has 2 N–H and O–H groups in total. The third-order valence-corrected chi connectivity index (χ3v) is 1.58. The summed E-state index contributed by atoms with van der Waals surface area (Å²) in [6.45, 7) is 0. The number of hydrogen-bond donors (Lipinski definition) is 1. The largest absolute Gasteiger partial charge is 0.465 e. The van der Waals surface area contributed by atoms with Gasteiger partial charge in [0.25, 0.3) is 0 Å². The first-order chi connectivity index (χ1) is 6.27. The molecule has 0 heterocycles. The van der Waals surface area contributed by atoms with Crippen LogP contribution in [0.25, 0.3) is 0 Å². The Balaban J connectivity index is 2.65. The molecule has 1 rings (SSSR count). The molecule has 0 radical (unpaired) electrons. The minimum Gasteiger partial charge on any atom is -0.465 e. The molecule has 0 spiro atoms. The second kappa shape index (κ2) is 4.42. The minimum atomic E-state index is -0.357. The number of carbonyl (C=O) groups is 1. The van der Waals surface area contributed by atoms with Crippen LogP contribution in [0.3, 0.4) is 0 Å². The molecule has 5 nitrogen and oxygen atoms in total. The molecule has 0 aromatic heterocycles. The van der Waals surface area contributed by atoms with E-state index in [4.69, 9.17) is 5.90 Å². The number of nitrogens with zero attached hydrogens (tertiary/aromatic N) is 1. The molecule has 0 amide bonds. The minimum absolute atomic E-state index is 0.357. The summed E-state index contributed by atoms with van der Waals surface area (Å²) >= 11 is 0. The number of allylic oxidation sites excluding steroid dienone is 2. The number of hydrogen-bond acceptors (Lipinski definition) is 5. The molecule has 0 aromatic rings. The third-order valence-electron chi connectivity index (χ3n) is 1.58. The molecule has 70 valence electrons. The predicted octanol–water partition coefficient (Wildman–Crippen LogP) is 0.292. The van der Waals surface area contributed by atoms with Gasteiger partial charge in [-0.25, -0.2) is 4.79 Å². The Bertz CT molecular complexity index is 292. The topological polar surface area (TPSA) is 73.9 Å². The van der Waals surface area contributed by atoms with Gasteiger partial charge in [-0.15, -0.1) is 5.90 Å². The van der Waals surface area contributed by atoms with Gasteiger partial charge < -0.3 is 9.68 Å². The summed E-state index contributed by atoms with van der Waals surface area (Å²) in [4.78, 5) is 15.1. The van der Waals surface area contributed by atoms with Crippen molar-refractivity contribution in [2.24, 2.45) is 11.1 Å². The molecular formula is C8H10N2O3. The molecule has 1 aliphatic carbocycles. The van der Waals surface area contributed by atoms with Crippen LogP contribution >= 0.6 is 0 Å².